The fourth-order valence-corrected chi connectivity index (χ4v) is 2.60. The number of nitrogens with zero attached hydrogens (tertiary/aromatic N) is 1. The van der Waals surface area contributed by atoms with Gasteiger partial charge in [0.25, 0.3) is 0 Å². The molecule has 1 unspecified atom stereocenters. The van der Waals surface area contributed by atoms with Gasteiger partial charge in [0.2, 0.25) is 0 Å². The van der Waals surface area contributed by atoms with E-state index in [9.17, 15) is 4.79 Å². The molecule has 88 valence electrons. The molecule has 2 aliphatic heterocycles. The van der Waals surface area contributed by atoms with E-state index in [1.165, 1.54) is 4.90 Å². The predicted octanol–water partition coefficient (Wildman–Crippen LogP) is 2.21. The summed E-state index contributed by atoms with van der Waals surface area (Å²) in [4.78, 5) is 12.4. The van der Waals surface area contributed by atoms with Crippen LogP contribution in [0.5, 0.6) is 5.75 Å². The third-order valence-corrected chi connectivity index (χ3v) is 3.48. The van der Waals surface area contributed by atoms with Crippen LogP contribution in [-0.4, -0.2) is 29.3 Å². The minimum absolute atomic E-state index is 0.205. The summed E-state index contributed by atoms with van der Waals surface area (Å²) in [6.45, 7) is 1.02. The van der Waals surface area contributed by atoms with Crippen LogP contribution in [0.1, 0.15) is 12.0 Å². The Kier molecular flexibility index (Phi) is 2.11. The van der Waals surface area contributed by atoms with E-state index in [0.717, 1.165) is 17.7 Å². The number of para-hydroxylation sites is 1. The Morgan fingerprint density at radius 3 is 3.06 bits per heavy atom. The van der Waals surface area contributed by atoms with Gasteiger partial charge in [0.1, 0.15) is 12.4 Å². The maximum atomic E-state index is 11.0. The van der Waals surface area contributed by atoms with Gasteiger partial charge in [0.05, 0.1) is 5.41 Å². The monoisotopic (exact) mass is 231 g/mol. The average molecular weight is 231 g/mol. The van der Waals surface area contributed by atoms with Crippen LogP contribution in [0.3, 0.4) is 0 Å². The van der Waals surface area contributed by atoms with Crippen molar-refractivity contribution in [1.82, 2.24) is 4.90 Å². The van der Waals surface area contributed by atoms with Crippen LogP contribution in [0.15, 0.2) is 36.5 Å². The van der Waals surface area contributed by atoms with Gasteiger partial charge in [-0.3, -0.25) is 4.90 Å². The second kappa shape index (κ2) is 3.52. The van der Waals surface area contributed by atoms with Crippen molar-refractivity contribution in [2.75, 3.05) is 13.2 Å². The summed E-state index contributed by atoms with van der Waals surface area (Å²) >= 11 is 0. The second-order valence-corrected chi connectivity index (χ2v) is 4.56. The second-order valence-electron chi connectivity index (χ2n) is 4.56. The number of hydrogen-bond donors (Lipinski definition) is 1. The third kappa shape index (κ3) is 1.48. The van der Waals surface area contributed by atoms with E-state index in [4.69, 9.17) is 9.84 Å². The van der Waals surface area contributed by atoms with Gasteiger partial charge in [-0.2, -0.15) is 0 Å². The molecule has 0 aromatic heterocycles. The number of hydrogen-bond acceptors (Lipinski definition) is 2. The summed E-state index contributed by atoms with van der Waals surface area (Å²) in [6, 6.07) is 7.87. The van der Waals surface area contributed by atoms with E-state index in [1.54, 1.807) is 6.20 Å². The highest BCUT2D eigenvalue weighted by molar-refractivity contribution is 5.67. The number of rotatable bonds is 0. The van der Waals surface area contributed by atoms with E-state index in [-0.39, 0.29) is 5.41 Å². The van der Waals surface area contributed by atoms with Crippen molar-refractivity contribution in [3.05, 3.63) is 42.1 Å². The summed E-state index contributed by atoms with van der Waals surface area (Å²) in [6.07, 6.45) is 3.45. The molecule has 2 aliphatic rings. The van der Waals surface area contributed by atoms with E-state index >= 15 is 0 Å². The van der Waals surface area contributed by atoms with E-state index in [2.05, 4.69) is 0 Å². The fourth-order valence-electron chi connectivity index (χ4n) is 2.60. The van der Waals surface area contributed by atoms with E-state index in [0.29, 0.717) is 13.2 Å². The smallest absolute Gasteiger partial charge is 0.411 e. The quantitative estimate of drug-likeness (QED) is 0.744. The van der Waals surface area contributed by atoms with Gasteiger partial charge >= 0.3 is 6.09 Å². The lowest BCUT2D eigenvalue weighted by Crippen LogP contribution is -2.44. The van der Waals surface area contributed by atoms with Crippen LogP contribution >= 0.6 is 0 Å². The van der Waals surface area contributed by atoms with Crippen molar-refractivity contribution in [1.29, 1.82) is 0 Å². The zero-order valence-electron chi connectivity index (χ0n) is 9.30. The standard InChI is InChI=1S/C13H13NO3/c15-12(16)14-7-3-6-13(8-14)9-17-11-5-2-1-4-10(11)13/h1-5,7H,6,8-9H2,(H,15,16). The first-order valence-electron chi connectivity index (χ1n) is 5.60. The Morgan fingerprint density at radius 2 is 2.24 bits per heavy atom. The number of allylic oxidation sites excluding steroid dienone is 1. The van der Waals surface area contributed by atoms with Crippen molar-refractivity contribution >= 4 is 6.09 Å². The Balaban J connectivity index is 2.00. The largest absolute Gasteiger partial charge is 0.492 e. The maximum absolute atomic E-state index is 11.0. The fraction of sp³-hybridized carbons (Fsp3) is 0.308. The molecule has 1 aromatic rings. The number of carboxylic acid groups (broad SMARTS) is 1. The first kappa shape index (κ1) is 10.2. The zero-order valence-corrected chi connectivity index (χ0v) is 9.30. The third-order valence-electron chi connectivity index (χ3n) is 3.48. The molecular formula is C13H13NO3. The van der Waals surface area contributed by atoms with Crippen LogP contribution in [0.2, 0.25) is 0 Å². The molecule has 1 atom stereocenters. The average Bonchev–Trinajstić information content (AvgIpc) is 2.69. The number of amides is 1. The Morgan fingerprint density at radius 1 is 1.41 bits per heavy atom. The van der Waals surface area contributed by atoms with Crippen LogP contribution in [0, 0.1) is 0 Å². The van der Waals surface area contributed by atoms with Crippen molar-refractivity contribution in [2.24, 2.45) is 0 Å². The Labute approximate surface area is 99.1 Å². The molecule has 0 bridgehead atoms. The van der Waals surface area contributed by atoms with Gasteiger partial charge in [0, 0.05) is 18.3 Å². The molecule has 1 spiro atoms. The molecule has 2 heterocycles. The predicted molar refractivity (Wildman–Crippen MR) is 62.1 cm³/mol. The topological polar surface area (TPSA) is 49.8 Å². The molecular weight excluding hydrogens is 218 g/mol. The van der Waals surface area contributed by atoms with Crippen molar-refractivity contribution < 1.29 is 14.6 Å². The molecule has 0 radical (unpaired) electrons. The Hall–Kier alpha value is -1.97. The summed E-state index contributed by atoms with van der Waals surface area (Å²) in [7, 11) is 0. The molecule has 0 saturated carbocycles. The first-order valence-corrected chi connectivity index (χ1v) is 5.60. The first-order chi connectivity index (χ1) is 8.21. The molecule has 1 aromatic carbocycles. The van der Waals surface area contributed by atoms with Crippen molar-refractivity contribution in [3.8, 4) is 5.75 Å². The lowest BCUT2D eigenvalue weighted by Gasteiger charge is -2.34. The van der Waals surface area contributed by atoms with E-state index in [1.807, 2.05) is 30.3 Å². The molecule has 0 saturated heterocycles. The van der Waals surface area contributed by atoms with Gasteiger partial charge < -0.3 is 9.84 Å². The van der Waals surface area contributed by atoms with Crippen LogP contribution in [-0.2, 0) is 5.41 Å². The summed E-state index contributed by atoms with van der Waals surface area (Å²) in [5.41, 5.74) is 0.916. The number of ether oxygens (including phenoxy) is 1. The molecule has 3 rings (SSSR count). The number of carbonyl (C=O) groups is 1. The van der Waals surface area contributed by atoms with Crippen LogP contribution < -0.4 is 4.74 Å². The van der Waals surface area contributed by atoms with Gasteiger partial charge in [-0.15, -0.1) is 0 Å². The SMILES string of the molecule is O=C(O)N1C=CCC2(COc3ccccc32)C1. The summed E-state index contributed by atoms with van der Waals surface area (Å²) in [5.74, 6) is 0.883. The van der Waals surface area contributed by atoms with Gasteiger partial charge in [-0.05, 0) is 12.5 Å². The molecule has 1 amide bonds. The molecule has 17 heavy (non-hydrogen) atoms. The van der Waals surface area contributed by atoms with Gasteiger partial charge in [-0.25, -0.2) is 4.79 Å². The number of fused-ring (bicyclic) bond motifs is 2. The Bertz CT molecular complexity index is 497. The molecule has 0 fully saturated rings. The normalized spacial score (nSPS) is 25.8. The highest BCUT2D eigenvalue weighted by Gasteiger charge is 2.43. The molecule has 0 aliphatic carbocycles. The van der Waals surface area contributed by atoms with Crippen LogP contribution in [0.4, 0.5) is 4.79 Å². The highest BCUT2D eigenvalue weighted by Crippen LogP contribution is 2.43. The maximum Gasteiger partial charge on any atom is 0.411 e. The minimum Gasteiger partial charge on any atom is -0.492 e. The highest BCUT2D eigenvalue weighted by atomic mass is 16.5. The van der Waals surface area contributed by atoms with E-state index < -0.39 is 6.09 Å². The minimum atomic E-state index is -0.912. The summed E-state index contributed by atoms with van der Waals surface area (Å²) < 4.78 is 5.67. The van der Waals surface area contributed by atoms with Gasteiger partial charge in [-0.1, -0.05) is 24.3 Å². The number of benzene rings is 1. The molecule has 4 nitrogen and oxygen atoms in total. The van der Waals surface area contributed by atoms with Gasteiger partial charge in [0.15, 0.2) is 0 Å². The van der Waals surface area contributed by atoms with Crippen molar-refractivity contribution in [2.45, 2.75) is 11.8 Å². The molecule has 4 heteroatoms. The lowest BCUT2D eigenvalue weighted by molar-refractivity contribution is 0.141. The van der Waals surface area contributed by atoms with Crippen molar-refractivity contribution in [3.63, 3.8) is 0 Å². The zero-order chi connectivity index (χ0) is 11.9. The van der Waals surface area contributed by atoms with Crippen LogP contribution in [0.25, 0.3) is 0 Å². The lowest BCUT2D eigenvalue weighted by atomic mass is 9.77. The summed E-state index contributed by atoms with van der Waals surface area (Å²) in [5, 5.41) is 9.06. The molecule has 1 N–H and O–H groups in total.